The molecule has 0 aliphatic heterocycles. The van der Waals surface area contributed by atoms with Gasteiger partial charge in [0.1, 0.15) is 0 Å². The van der Waals surface area contributed by atoms with Gasteiger partial charge in [0.15, 0.2) is 11.5 Å². The molecular formula is C24H38O6. The Labute approximate surface area is 181 Å². The predicted molar refractivity (Wildman–Crippen MR) is 117 cm³/mol. The molecule has 30 heavy (non-hydrogen) atoms. The number of ether oxygens (including phenoxy) is 4. The lowest BCUT2D eigenvalue weighted by molar-refractivity contribution is -0.144. The quantitative estimate of drug-likeness (QED) is 0.178. The molecule has 0 heterocycles. The van der Waals surface area contributed by atoms with Gasteiger partial charge < -0.3 is 18.9 Å². The Bertz CT molecular complexity index is 591. The zero-order chi connectivity index (χ0) is 22.0. The van der Waals surface area contributed by atoms with Crippen LogP contribution in [0, 0.1) is 0 Å². The Morgan fingerprint density at radius 1 is 0.733 bits per heavy atom. The summed E-state index contributed by atoms with van der Waals surface area (Å²) >= 11 is 0. The van der Waals surface area contributed by atoms with Gasteiger partial charge in [0.25, 0.3) is 0 Å². The SMILES string of the molecule is CCCCCCOC(=O)CCCCCCCCC(=O)Oc1c(OC)cccc1OC. The number of rotatable bonds is 17. The molecule has 0 aromatic heterocycles. The highest BCUT2D eigenvalue weighted by Crippen LogP contribution is 2.37. The van der Waals surface area contributed by atoms with Crippen LogP contribution in [0.5, 0.6) is 17.2 Å². The highest BCUT2D eigenvalue weighted by Gasteiger charge is 2.15. The van der Waals surface area contributed by atoms with Gasteiger partial charge in [-0.15, -0.1) is 0 Å². The molecule has 0 unspecified atom stereocenters. The Balaban J connectivity index is 2.07. The van der Waals surface area contributed by atoms with E-state index in [1.165, 1.54) is 27.1 Å². The Hall–Kier alpha value is -2.24. The number of para-hydroxylation sites is 1. The molecule has 1 aromatic rings. The second kappa shape index (κ2) is 16.5. The highest BCUT2D eigenvalue weighted by atomic mass is 16.6. The Morgan fingerprint density at radius 3 is 1.83 bits per heavy atom. The number of hydrogen-bond acceptors (Lipinski definition) is 6. The fourth-order valence-electron chi connectivity index (χ4n) is 3.12. The summed E-state index contributed by atoms with van der Waals surface area (Å²) in [6.07, 6.45) is 11.0. The summed E-state index contributed by atoms with van der Waals surface area (Å²) in [6.45, 7) is 2.72. The largest absolute Gasteiger partial charge is 0.493 e. The minimum absolute atomic E-state index is 0.0824. The molecule has 0 spiro atoms. The molecule has 6 nitrogen and oxygen atoms in total. The van der Waals surface area contributed by atoms with Crippen molar-refractivity contribution in [2.75, 3.05) is 20.8 Å². The minimum atomic E-state index is -0.292. The third-order valence-corrected chi connectivity index (χ3v) is 4.87. The van der Waals surface area contributed by atoms with Crippen LogP contribution in [-0.2, 0) is 14.3 Å². The van der Waals surface area contributed by atoms with Crippen LogP contribution in [0.25, 0.3) is 0 Å². The van der Waals surface area contributed by atoms with Gasteiger partial charge in [-0.1, -0.05) is 57.9 Å². The van der Waals surface area contributed by atoms with Gasteiger partial charge in [0, 0.05) is 12.8 Å². The zero-order valence-corrected chi connectivity index (χ0v) is 18.9. The summed E-state index contributed by atoms with van der Waals surface area (Å²) in [7, 11) is 3.05. The summed E-state index contributed by atoms with van der Waals surface area (Å²) in [6, 6.07) is 5.24. The first-order valence-electron chi connectivity index (χ1n) is 11.2. The second-order valence-corrected chi connectivity index (χ2v) is 7.37. The van der Waals surface area contributed by atoms with E-state index in [2.05, 4.69) is 6.92 Å². The lowest BCUT2D eigenvalue weighted by Crippen LogP contribution is -2.09. The molecule has 0 atom stereocenters. The molecule has 0 bridgehead atoms. The number of carbonyl (C=O) groups is 2. The van der Waals surface area contributed by atoms with Crippen molar-refractivity contribution in [3.63, 3.8) is 0 Å². The molecule has 0 aliphatic carbocycles. The van der Waals surface area contributed by atoms with Crippen LogP contribution in [0.2, 0.25) is 0 Å². The molecule has 1 rings (SSSR count). The van der Waals surface area contributed by atoms with Crippen LogP contribution in [0.3, 0.4) is 0 Å². The average molecular weight is 423 g/mol. The Kier molecular flexibility index (Phi) is 14.2. The lowest BCUT2D eigenvalue weighted by atomic mass is 10.1. The molecule has 0 radical (unpaired) electrons. The normalized spacial score (nSPS) is 10.5. The van der Waals surface area contributed by atoms with Gasteiger partial charge >= 0.3 is 11.9 Å². The van der Waals surface area contributed by atoms with Crippen molar-refractivity contribution < 1.29 is 28.5 Å². The predicted octanol–water partition coefficient (Wildman–Crippen LogP) is 5.85. The molecular weight excluding hydrogens is 384 g/mol. The number of carbonyl (C=O) groups excluding carboxylic acids is 2. The smallest absolute Gasteiger partial charge is 0.311 e. The van der Waals surface area contributed by atoms with Crippen molar-refractivity contribution in [1.29, 1.82) is 0 Å². The van der Waals surface area contributed by atoms with Crippen LogP contribution in [0.15, 0.2) is 18.2 Å². The number of benzene rings is 1. The van der Waals surface area contributed by atoms with Gasteiger partial charge in [0.2, 0.25) is 5.75 Å². The number of unbranched alkanes of at least 4 members (excludes halogenated alkanes) is 8. The summed E-state index contributed by atoms with van der Waals surface area (Å²) in [5.74, 6) is 0.898. The number of hydrogen-bond donors (Lipinski definition) is 0. The van der Waals surface area contributed by atoms with E-state index in [4.69, 9.17) is 18.9 Å². The molecule has 1 aromatic carbocycles. The van der Waals surface area contributed by atoms with Crippen LogP contribution in [0.4, 0.5) is 0 Å². The van der Waals surface area contributed by atoms with Crippen LogP contribution in [-0.4, -0.2) is 32.8 Å². The van der Waals surface area contributed by atoms with E-state index in [1.807, 2.05) is 0 Å². The van der Waals surface area contributed by atoms with E-state index in [0.29, 0.717) is 36.7 Å². The summed E-state index contributed by atoms with van der Waals surface area (Å²) < 4.78 is 21.1. The van der Waals surface area contributed by atoms with E-state index in [0.717, 1.165) is 51.4 Å². The third kappa shape index (κ3) is 11.1. The van der Waals surface area contributed by atoms with Crippen molar-refractivity contribution in [2.45, 2.75) is 84.0 Å². The Morgan fingerprint density at radius 2 is 1.27 bits per heavy atom. The topological polar surface area (TPSA) is 71.1 Å². The highest BCUT2D eigenvalue weighted by molar-refractivity contribution is 5.74. The first-order valence-corrected chi connectivity index (χ1v) is 11.2. The van der Waals surface area contributed by atoms with E-state index >= 15 is 0 Å². The molecule has 170 valence electrons. The summed E-state index contributed by atoms with van der Waals surface area (Å²) in [5.41, 5.74) is 0. The molecule has 6 heteroatoms. The maximum absolute atomic E-state index is 12.1. The molecule has 0 aliphatic rings. The van der Waals surface area contributed by atoms with Gasteiger partial charge in [-0.05, 0) is 31.4 Å². The van der Waals surface area contributed by atoms with Gasteiger partial charge in [-0.25, -0.2) is 0 Å². The minimum Gasteiger partial charge on any atom is -0.493 e. The summed E-state index contributed by atoms with van der Waals surface area (Å²) in [5, 5.41) is 0. The van der Waals surface area contributed by atoms with Crippen LogP contribution < -0.4 is 14.2 Å². The van der Waals surface area contributed by atoms with E-state index < -0.39 is 0 Å². The van der Waals surface area contributed by atoms with Gasteiger partial charge in [-0.3, -0.25) is 9.59 Å². The van der Waals surface area contributed by atoms with Crippen molar-refractivity contribution >= 4 is 11.9 Å². The first-order chi connectivity index (χ1) is 14.6. The average Bonchev–Trinajstić information content (AvgIpc) is 2.75. The molecule has 0 amide bonds. The van der Waals surface area contributed by atoms with Crippen LogP contribution >= 0.6 is 0 Å². The van der Waals surface area contributed by atoms with E-state index in [1.54, 1.807) is 18.2 Å². The standard InChI is InChI=1S/C24H38O6/c1-4-5-6-13-19-29-22(25)17-11-9-7-8-10-12-18-23(26)30-24-20(27-2)15-14-16-21(24)28-3/h14-16H,4-13,17-19H2,1-3H3. The summed E-state index contributed by atoms with van der Waals surface area (Å²) in [4.78, 5) is 23.8. The van der Waals surface area contributed by atoms with E-state index in [9.17, 15) is 9.59 Å². The lowest BCUT2D eigenvalue weighted by Gasteiger charge is -2.12. The monoisotopic (exact) mass is 422 g/mol. The van der Waals surface area contributed by atoms with Gasteiger partial charge in [0.05, 0.1) is 20.8 Å². The van der Waals surface area contributed by atoms with Gasteiger partial charge in [-0.2, -0.15) is 0 Å². The van der Waals surface area contributed by atoms with Crippen LogP contribution in [0.1, 0.15) is 84.0 Å². The number of esters is 2. The van der Waals surface area contributed by atoms with Crippen molar-refractivity contribution in [3.05, 3.63) is 18.2 Å². The van der Waals surface area contributed by atoms with Crippen molar-refractivity contribution in [1.82, 2.24) is 0 Å². The fourth-order valence-corrected chi connectivity index (χ4v) is 3.12. The maximum Gasteiger partial charge on any atom is 0.311 e. The van der Waals surface area contributed by atoms with E-state index in [-0.39, 0.29) is 11.9 Å². The molecule has 0 saturated heterocycles. The first kappa shape index (κ1) is 25.8. The van der Waals surface area contributed by atoms with Crippen molar-refractivity contribution in [3.8, 4) is 17.2 Å². The molecule has 0 saturated carbocycles. The molecule has 0 N–H and O–H groups in total. The molecule has 0 fully saturated rings. The maximum atomic E-state index is 12.1. The number of methoxy groups -OCH3 is 2. The van der Waals surface area contributed by atoms with Crippen molar-refractivity contribution in [2.24, 2.45) is 0 Å². The zero-order valence-electron chi connectivity index (χ0n) is 18.9. The second-order valence-electron chi connectivity index (χ2n) is 7.37. The third-order valence-electron chi connectivity index (χ3n) is 4.87. The fraction of sp³-hybridized carbons (Fsp3) is 0.667.